The number of ether oxygens (including phenoxy) is 16. The van der Waals surface area contributed by atoms with Gasteiger partial charge in [-0.1, -0.05) is 313 Å². The van der Waals surface area contributed by atoms with Crippen LogP contribution in [-0.4, -0.2) is 198 Å². The van der Waals surface area contributed by atoms with Gasteiger partial charge in [0, 0.05) is 53.4 Å². The van der Waals surface area contributed by atoms with Gasteiger partial charge in [0.25, 0.3) is 16.6 Å². The van der Waals surface area contributed by atoms with Crippen LogP contribution in [0, 0.1) is 41.4 Å². The largest absolute Gasteiger partial charge is 0.463 e. The lowest BCUT2D eigenvalue weighted by Crippen LogP contribution is -2.68. The molecular formula is C100H135N7O19Si2. The van der Waals surface area contributed by atoms with E-state index in [2.05, 4.69) is 197 Å². The fraction of sp³-hybridized carbons (Fsp3) is 0.570. The number of nitrogens with one attached hydrogen (secondary N) is 1. The highest BCUT2D eigenvalue weighted by molar-refractivity contribution is 7.00. The van der Waals surface area contributed by atoms with Gasteiger partial charge in [-0.25, -0.2) is 0 Å². The number of likely N-dealkylation sites (N-methyl/N-ethyl adjacent to an activating group) is 1. The van der Waals surface area contributed by atoms with Crippen LogP contribution in [0.2, 0.25) is 10.1 Å². The quantitative estimate of drug-likeness (QED) is 0.0127. The predicted octanol–water partition coefficient (Wildman–Crippen LogP) is 15.8. The Morgan fingerprint density at radius 2 is 0.664 bits per heavy atom. The lowest BCUT2D eigenvalue weighted by atomic mass is 9.85. The zero-order valence-electron chi connectivity index (χ0n) is 77.7. The summed E-state index contributed by atoms with van der Waals surface area (Å²) in [6.45, 7) is 35.5. The molecule has 692 valence electrons. The summed E-state index contributed by atoms with van der Waals surface area (Å²) in [6, 6.07) is 69.3. The van der Waals surface area contributed by atoms with E-state index in [9.17, 15) is 15.9 Å². The molecule has 0 amide bonds. The SMILES string of the molecule is CNC1[C@@H](OC)OC(CO[Si](c2ccccc2)(c2ccccc2)C(C)(C)C)[C@@H](O[C@@H]2OC(C)[C@@H](O[C@H]3OC(COC(C)=O)[C@@H](O[C@@H]4OC(C)[C@@H](O[C@@H]5OC(CO[Si](c6ccccc6)(c6ccccc6)C(C)(C)C)[C@@H](O[C@@H]6OC(C)[C@@H](C)[C@@H](OCc7ccccc7)C6C)[C@H](C)C5N=[N+]=[N-])[C@@H](OCc5ccccc5)C4C)[C@H](C)C3N=[N+]=[N-])[C@@H](OCc3ccccc3)C2C)[C@@H]1C. The number of benzene rings is 7. The lowest BCUT2D eigenvalue weighted by Gasteiger charge is -2.52. The molecule has 1 N–H and O–H groups in total. The highest BCUT2D eigenvalue weighted by Gasteiger charge is 2.60. The van der Waals surface area contributed by atoms with Crippen molar-refractivity contribution in [2.24, 2.45) is 51.7 Å². The topological polar surface area (TPSA) is 293 Å². The maximum absolute atomic E-state index is 13.1. The first-order chi connectivity index (χ1) is 61.5. The first kappa shape index (κ1) is 97.9. The molecular weight excluding hydrogens is 1660 g/mol. The van der Waals surface area contributed by atoms with Gasteiger partial charge in [0.05, 0.1) is 106 Å². The van der Waals surface area contributed by atoms with E-state index in [-0.39, 0.29) is 74.1 Å². The van der Waals surface area contributed by atoms with Crippen LogP contribution in [-0.2, 0) is 109 Å². The Labute approximate surface area is 758 Å². The van der Waals surface area contributed by atoms with Gasteiger partial charge < -0.3 is 90.0 Å². The van der Waals surface area contributed by atoms with Crippen LogP contribution in [0.15, 0.2) is 223 Å². The molecule has 13 rings (SSSR count). The molecule has 28 heteroatoms. The van der Waals surface area contributed by atoms with Gasteiger partial charge >= 0.3 is 5.97 Å². The molecule has 6 fully saturated rings. The van der Waals surface area contributed by atoms with E-state index < -0.39 is 174 Å². The van der Waals surface area contributed by atoms with Crippen LogP contribution in [0.3, 0.4) is 0 Å². The minimum Gasteiger partial charge on any atom is -0.463 e. The molecule has 0 aliphatic carbocycles. The van der Waals surface area contributed by atoms with Crippen LogP contribution in [0.5, 0.6) is 0 Å². The van der Waals surface area contributed by atoms with Crippen molar-refractivity contribution in [3.63, 3.8) is 0 Å². The van der Waals surface area contributed by atoms with Crippen molar-refractivity contribution >= 4 is 43.4 Å². The average Bonchev–Trinajstić information content (AvgIpc) is 0.743. The number of methoxy groups -OCH3 is 1. The smallest absolute Gasteiger partial charge is 0.302 e. The van der Waals surface area contributed by atoms with Gasteiger partial charge in [-0.2, -0.15) is 0 Å². The summed E-state index contributed by atoms with van der Waals surface area (Å²) in [5.41, 5.74) is 24.3. The number of carbonyl (C=O) groups excluding carboxylic acids is 1. The predicted molar refractivity (Wildman–Crippen MR) is 492 cm³/mol. The second-order valence-electron chi connectivity index (χ2n) is 37.8. The van der Waals surface area contributed by atoms with Crippen LogP contribution in [0.25, 0.3) is 20.9 Å². The van der Waals surface area contributed by atoms with Crippen molar-refractivity contribution < 1.29 is 89.4 Å². The van der Waals surface area contributed by atoms with E-state index in [1.54, 1.807) is 7.11 Å². The minimum atomic E-state index is -3.28. The van der Waals surface area contributed by atoms with Crippen molar-refractivity contribution in [2.45, 2.75) is 289 Å². The summed E-state index contributed by atoms with van der Waals surface area (Å²) in [4.78, 5) is 20.1. The van der Waals surface area contributed by atoms with Crippen molar-refractivity contribution in [1.82, 2.24) is 5.32 Å². The molecule has 6 saturated heterocycles. The normalized spacial score (nSPS) is 33.7. The monoisotopic (exact) mass is 1790 g/mol. The first-order valence-corrected chi connectivity index (χ1v) is 49.4. The van der Waals surface area contributed by atoms with E-state index in [1.165, 1.54) is 6.92 Å². The van der Waals surface area contributed by atoms with Crippen molar-refractivity contribution in [3.8, 4) is 0 Å². The number of nitrogens with zero attached hydrogens (tertiary/aromatic N) is 6. The van der Waals surface area contributed by atoms with E-state index in [0.29, 0.717) is 6.61 Å². The molecule has 26 nitrogen and oxygen atoms in total. The number of hydrogen-bond donors (Lipinski definition) is 1. The zero-order valence-corrected chi connectivity index (χ0v) is 79.7. The fourth-order valence-corrected chi connectivity index (χ4v) is 29.3. The summed E-state index contributed by atoms with van der Waals surface area (Å²) >= 11 is 0. The van der Waals surface area contributed by atoms with Gasteiger partial charge in [-0.05, 0) is 98.2 Å². The number of rotatable bonds is 35. The second kappa shape index (κ2) is 44.3. The highest BCUT2D eigenvalue weighted by atomic mass is 28.4. The first-order valence-electron chi connectivity index (χ1n) is 45.6. The van der Waals surface area contributed by atoms with Crippen LogP contribution < -0.4 is 26.1 Å². The maximum Gasteiger partial charge on any atom is 0.302 e. The Balaban J connectivity index is 0.787. The standard InChI is InChI=1S/C100H135N7O19Si2/c1-61-68(8)116-93(65(5)85(61)111-55-72-41-27-20-28-42-72)124-88-64(4)84(105-107-102)98(121-81(88)60-115-128(100(15,16)17,77-51-37-25-38-52-77)78-53-39-26-40-54-78)126-92-70(10)118-95(67(7)90(92)113-57-74-45-31-22-32-46-74)123-87-63(3)83(104-106-101)97(120-79(87)58-110-71(11)108)125-91-69(9)117-94(66(6)89(91)112-56-73-43-29-21-30-44-73)122-86-62(2)82(103-18)96(109-19)119-80(86)59-114-127(99(12,13)14,75-47-33-23-34-48-75)76-49-35-24-36-50-76/h20-54,61-70,79-98,103H,55-60H2,1-19H3/t61-,62-,63-,64-,65?,66?,67?,68?,69?,70?,79?,80?,81?,82?,83?,84?,85-,86+,87+,88+,89+,90+,91-,92-,93+,94+,95+,96+,97-,98+/m1/s1. The molecule has 12 unspecified atom stereocenters. The Morgan fingerprint density at radius 3 is 0.984 bits per heavy atom. The summed E-state index contributed by atoms with van der Waals surface area (Å²) in [6.07, 6.45) is -16.5. The highest BCUT2D eigenvalue weighted by Crippen LogP contribution is 2.47. The van der Waals surface area contributed by atoms with Crippen LogP contribution in [0.1, 0.15) is 134 Å². The van der Waals surface area contributed by atoms with Crippen molar-refractivity contribution in [3.05, 3.63) is 250 Å². The summed E-state index contributed by atoms with van der Waals surface area (Å²) in [5.74, 6) is -3.57. The Morgan fingerprint density at radius 1 is 0.367 bits per heavy atom. The van der Waals surface area contributed by atoms with Crippen molar-refractivity contribution in [1.29, 1.82) is 0 Å². The molecule has 6 heterocycles. The second-order valence-corrected chi connectivity index (χ2v) is 46.4. The molecule has 0 radical (unpaired) electrons. The number of esters is 1. The van der Waals surface area contributed by atoms with E-state index >= 15 is 0 Å². The molecule has 6 aliphatic rings. The van der Waals surface area contributed by atoms with Crippen molar-refractivity contribution in [2.75, 3.05) is 34.0 Å². The molecule has 7 aromatic carbocycles. The van der Waals surface area contributed by atoms with Gasteiger partial charge in [-0.3, -0.25) is 4.79 Å². The van der Waals surface area contributed by atoms with Gasteiger partial charge in [0.2, 0.25) is 0 Å². The summed E-state index contributed by atoms with van der Waals surface area (Å²) in [5, 5.41) is 16.1. The van der Waals surface area contributed by atoms with Crippen LogP contribution >= 0.6 is 0 Å². The van der Waals surface area contributed by atoms with Gasteiger partial charge in [-0.15, -0.1) is 0 Å². The Kier molecular flexibility index (Phi) is 33.8. The van der Waals surface area contributed by atoms with E-state index in [4.69, 9.17) is 84.6 Å². The molecule has 0 aromatic heterocycles. The molecule has 0 bridgehead atoms. The minimum absolute atomic E-state index is 0.00854. The Bertz CT molecular complexity index is 4590. The summed E-state index contributed by atoms with van der Waals surface area (Å²) < 4.78 is 128. The van der Waals surface area contributed by atoms with E-state index in [1.807, 2.05) is 159 Å². The van der Waals surface area contributed by atoms with Gasteiger partial charge in [0.1, 0.15) is 37.1 Å². The van der Waals surface area contributed by atoms with Gasteiger partial charge in [0.15, 0.2) is 37.7 Å². The number of azide groups is 2. The third kappa shape index (κ3) is 22.0. The molecule has 0 spiro atoms. The molecule has 30 atom stereocenters. The Hall–Kier alpha value is -7.66. The molecule has 0 saturated carbocycles. The number of hydrogen-bond acceptors (Lipinski definition) is 22. The third-order valence-electron chi connectivity index (χ3n) is 27.3. The molecule has 7 aromatic rings. The van der Waals surface area contributed by atoms with E-state index in [0.717, 1.165) is 37.4 Å². The fourth-order valence-electron chi connectivity index (χ4n) is 20.1. The van der Waals surface area contributed by atoms with Crippen LogP contribution in [0.4, 0.5) is 0 Å². The average molecular weight is 1800 g/mol. The molecule has 6 aliphatic heterocycles. The maximum atomic E-state index is 13.1. The third-order valence-corrected chi connectivity index (χ3v) is 37.3. The lowest BCUT2D eigenvalue weighted by molar-refractivity contribution is -0.370. The molecule has 128 heavy (non-hydrogen) atoms. The summed E-state index contributed by atoms with van der Waals surface area (Å²) in [7, 11) is -2.85. The number of carbonyl (C=O) groups is 1. The zero-order chi connectivity index (χ0) is 91.2.